The Balaban J connectivity index is 1.86. The van der Waals surface area contributed by atoms with Crippen molar-refractivity contribution in [1.29, 1.82) is 0 Å². The van der Waals surface area contributed by atoms with E-state index in [4.69, 9.17) is 0 Å². The molecule has 0 saturated carbocycles. The van der Waals surface area contributed by atoms with E-state index in [2.05, 4.69) is 53.1 Å². The van der Waals surface area contributed by atoms with Gasteiger partial charge in [-0.1, -0.05) is 56.1 Å². The molecule has 0 bridgehead atoms. The minimum absolute atomic E-state index is 0.217. The summed E-state index contributed by atoms with van der Waals surface area (Å²) in [7, 11) is 0. The van der Waals surface area contributed by atoms with Gasteiger partial charge in [0.1, 0.15) is 0 Å². The first-order valence-corrected chi connectivity index (χ1v) is 10.7. The Labute approximate surface area is 175 Å². The fraction of sp³-hybridized carbons (Fsp3) is 0.263. The first-order chi connectivity index (χ1) is 13.1. The monoisotopic (exact) mass is 496 g/mol. The number of carbonyl (C=O) groups excluding carboxylic acids is 2. The lowest BCUT2D eigenvalue weighted by molar-refractivity contribution is 0.252. The van der Waals surface area contributed by atoms with Gasteiger partial charge in [0.25, 0.3) is 0 Å². The van der Waals surface area contributed by atoms with Crippen LogP contribution in [0.3, 0.4) is 0 Å². The first-order valence-electron chi connectivity index (χ1n) is 8.50. The van der Waals surface area contributed by atoms with Crippen molar-refractivity contribution in [2.75, 3.05) is 34.4 Å². The number of alkyl halides is 2. The van der Waals surface area contributed by atoms with Crippen LogP contribution in [-0.4, -0.2) is 35.8 Å². The lowest BCUT2D eigenvalue weighted by atomic mass is 10.0. The Kier molecular flexibility index (Phi) is 9.13. The highest BCUT2D eigenvalue weighted by molar-refractivity contribution is 9.09. The van der Waals surface area contributed by atoms with Gasteiger partial charge in [0.15, 0.2) is 0 Å². The molecule has 2 rings (SSSR count). The van der Waals surface area contributed by atoms with E-state index in [1.165, 1.54) is 0 Å². The molecule has 144 valence electrons. The van der Waals surface area contributed by atoms with Gasteiger partial charge in [-0.25, -0.2) is 9.59 Å². The molecule has 4 amide bonds. The summed E-state index contributed by atoms with van der Waals surface area (Å²) in [5, 5.41) is 12.5. The van der Waals surface area contributed by atoms with Gasteiger partial charge in [0, 0.05) is 35.1 Å². The molecule has 0 aliphatic heterocycles. The summed E-state index contributed by atoms with van der Waals surface area (Å²) in [6, 6.07) is 15.0. The van der Waals surface area contributed by atoms with Crippen LogP contribution in [0.2, 0.25) is 0 Å². The standard InChI is InChI=1S/C19H22Br2N4O2/c20-9-11-22-18(26)24-16-5-1-14(2-6-16)13-15-3-7-17(8-4-15)25-19(27)23-12-10-21/h1-8H,9-13H2,(H2,22,24,26)(H2,23,25,27). The normalized spacial score (nSPS) is 10.1. The highest BCUT2D eigenvalue weighted by Gasteiger charge is 2.03. The third-order valence-electron chi connectivity index (χ3n) is 3.59. The Bertz CT molecular complexity index is 673. The number of amides is 4. The molecule has 0 aliphatic carbocycles. The number of rotatable bonds is 8. The van der Waals surface area contributed by atoms with Crippen molar-refractivity contribution in [3.63, 3.8) is 0 Å². The van der Waals surface area contributed by atoms with E-state index in [9.17, 15) is 9.59 Å². The molecule has 0 aromatic heterocycles. The van der Waals surface area contributed by atoms with Crippen molar-refractivity contribution in [1.82, 2.24) is 10.6 Å². The average Bonchev–Trinajstić information content (AvgIpc) is 2.68. The van der Waals surface area contributed by atoms with Crippen molar-refractivity contribution in [2.45, 2.75) is 6.42 Å². The molecule has 27 heavy (non-hydrogen) atoms. The maximum Gasteiger partial charge on any atom is 0.319 e. The summed E-state index contributed by atoms with van der Waals surface area (Å²) >= 11 is 6.52. The van der Waals surface area contributed by atoms with Crippen LogP contribution in [0.25, 0.3) is 0 Å². The number of carbonyl (C=O) groups is 2. The van der Waals surface area contributed by atoms with Crippen molar-refractivity contribution in [3.05, 3.63) is 59.7 Å². The van der Waals surface area contributed by atoms with E-state index in [0.717, 1.165) is 39.6 Å². The number of nitrogens with one attached hydrogen (secondary N) is 4. The maximum absolute atomic E-state index is 11.6. The molecule has 0 aliphatic rings. The molecule has 2 aromatic carbocycles. The van der Waals surface area contributed by atoms with Crippen LogP contribution in [0.15, 0.2) is 48.5 Å². The molecule has 0 spiro atoms. The molecule has 0 radical (unpaired) electrons. The summed E-state index contributed by atoms with van der Waals surface area (Å²) in [4.78, 5) is 23.3. The predicted molar refractivity (Wildman–Crippen MR) is 117 cm³/mol. The Hall–Kier alpha value is -2.06. The third-order valence-corrected chi connectivity index (χ3v) is 4.38. The zero-order chi connectivity index (χ0) is 19.5. The van der Waals surface area contributed by atoms with E-state index in [-0.39, 0.29) is 12.1 Å². The van der Waals surface area contributed by atoms with Crippen LogP contribution < -0.4 is 21.3 Å². The summed E-state index contributed by atoms with van der Waals surface area (Å²) in [5.41, 5.74) is 3.77. The van der Waals surface area contributed by atoms with Gasteiger partial charge in [-0.05, 0) is 41.8 Å². The topological polar surface area (TPSA) is 82.3 Å². The van der Waals surface area contributed by atoms with E-state index in [1.807, 2.05) is 48.5 Å². The molecule has 0 saturated heterocycles. The fourth-order valence-corrected chi connectivity index (χ4v) is 2.72. The summed E-state index contributed by atoms with van der Waals surface area (Å²) in [6.45, 7) is 1.15. The van der Waals surface area contributed by atoms with E-state index >= 15 is 0 Å². The van der Waals surface area contributed by atoms with E-state index in [0.29, 0.717) is 13.1 Å². The summed E-state index contributed by atoms with van der Waals surface area (Å²) in [5.74, 6) is 0. The minimum Gasteiger partial charge on any atom is -0.337 e. The number of hydrogen-bond acceptors (Lipinski definition) is 2. The van der Waals surface area contributed by atoms with Crippen LogP contribution in [0.1, 0.15) is 11.1 Å². The molecule has 2 aromatic rings. The summed E-state index contributed by atoms with van der Waals surface area (Å²) < 4.78 is 0. The second-order valence-electron chi connectivity index (χ2n) is 5.71. The van der Waals surface area contributed by atoms with Gasteiger partial charge < -0.3 is 21.3 Å². The van der Waals surface area contributed by atoms with Crippen LogP contribution in [-0.2, 0) is 6.42 Å². The molecule has 4 N–H and O–H groups in total. The highest BCUT2D eigenvalue weighted by Crippen LogP contribution is 2.16. The zero-order valence-electron chi connectivity index (χ0n) is 14.7. The van der Waals surface area contributed by atoms with Crippen molar-refractivity contribution >= 4 is 55.3 Å². The highest BCUT2D eigenvalue weighted by atomic mass is 79.9. The minimum atomic E-state index is -0.217. The largest absolute Gasteiger partial charge is 0.337 e. The van der Waals surface area contributed by atoms with Crippen LogP contribution in [0.5, 0.6) is 0 Å². The second kappa shape index (κ2) is 11.6. The van der Waals surface area contributed by atoms with Crippen molar-refractivity contribution in [3.8, 4) is 0 Å². The lowest BCUT2D eigenvalue weighted by Crippen LogP contribution is -2.30. The summed E-state index contributed by atoms with van der Waals surface area (Å²) in [6.07, 6.45) is 0.770. The predicted octanol–water partition coefficient (Wildman–Crippen LogP) is 4.31. The molecule has 0 atom stereocenters. The van der Waals surface area contributed by atoms with Gasteiger partial charge in [0.05, 0.1) is 0 Å². The molecule has 0 heterocycles. The number of urea groups is 2. The number of anilines is 2. The third kappa shape index (κ3) is 8.01. The first kappa shape index (κ1) is 21.2. The molecular weight excluding hydrogens is 476 g/mol. The number of hydrogen-bond donors (Lipinski definition) is 4. The zero-order valence-corrected chi connectivity index (χ0v) is 17.9. The van der Waals surface area contributed by atoms with Crippen molar-refractivity contribution < 1.29 is 9.59 Å². The molecule has 8 heteroatoms. The maximum atomic E-state index is 11.6. The van der Waals surface area contributed by atoms with E-state index in [1.54, 1.807) is 0 Å². The van der Waals surface area contributed by atoms with Gasteiger partial charge in [-0.15, -0.1) is 0 Å². The average molecular weight is 498 g/mol. The van der Waals surface area contributed by atoms with Gasteiger partial charge >= 0.3 is 12.1 Å². The van der Waals surface area contributed by atoms with E-state index < -0.39 is 0 Å². The molecule has 0 fully saturated rings. The van der Waals surface area contributed by atoms with Crippen LogP contribution in [0, 0.1) is 0 Å². The molecular formula is C19H22Br2N4O2. The van der Waals surface area contributed by atoms with Crippen molar-refractivity contribution in [2.24, 2.45) is 0 Å². The Morgan fingerprint density at radius 3 is 1.37 bits per heavy atom. The van der Waals surface area contributed by atoms with Gasteiger partial charge in [-0.2, -0.15) is 0 Å². The molecule has 0 unspecified atom stereocenters. The Morgan fingerprint density at radius 2 is 1.04 bits per heavy atom. The Morgan fingerprint density at radius 1 is 0.667 bits per heavy atom. The number of benzene rings is 2. The SMILES string of the molecule is O=C(NCCBr)Nc1ccc(Cc2ccc(NC(=O)NCCBr)cc2)cc1. The van der Waals surface area contributed by atoms with Crippen LogP contribution >= 0.6 is 31.9 Å². The number of halogens is 2. The smallest absolute Gasteiger partial charge is 0.319 e. The van der Waals surface area contributed by atoms with Gasteiger partial charge in [-0.3, -0.25) is 0 Å². The van der Waals surface area contributed by atoms with Crippen LogP contribution in [0.4, 0.5) is 21.0 Å². The fourth-order valence-electron chi connectivity index (χ4n) is 2.32. The van der Waals surface area contributed by atoms with Gasteiger partial charge in [0.2, 0.25) is 0 Å². The second-order valence-corrected chi connectivity index (χ2v) is 7.30. The quantitative estimate of drug-likeness (QED) is 0.410. The molecule has 6 nitrogen and oxygen atoms in total. The lowest BCUT2D eigenvalue weighted by Gasteiger charge is -2.09.